The van der Waals surface area contributed by atoms with Crippen molar-refractivity contribution in [2.24, 2.45) is 0 Å². The maximum absolute atomic E-state index is 12.7. The van der Waals surface area contributed by atoms with Crippen molar-refractivity contribution in [2.45, 2.75) is 18.9 Å². The van der Waals surface area contributed by atoms with Crippen LogP contribution < -0.4 is 0 Å². The van der Waals surface area contributed by atoms with Gasteiger partial charge in [-0.1, -0.05) is 30.3 Å². The summed E-state index contributed by atoms with van der Waals surface area (Å²) in [5, 5.41) is 0. The fourth-order valence-electron chi connectivity index (χ4n) is 3.18. The molecule has 1 atom stereocenters. The number of piperazine rings is 1. The second-order valence-electron chi connectivity index (χ2n) is 5.88. The van der Waals surface area contributed by atoms with Crippen molar-refractivity contribution >= 4 is 10.2 Å². The summed E-state index contributed by atoms with van der Waals surface area (Å²) in [6.07, 6.45) is 1.96. The first-order valence-electron chi connectivity index (χ1n) is 7.59. The Morgan fingerprint density at radius 2 is 1.62 bits per heavy atom. The molecule has 1 aromatic carbocycles. The van der Waals surface area contributed by atoms with Crippen molar-refractivity contribution in [2.75, 3.05) is 39.8 Å². The van der Waals surface area contributed by atoms with Gasteiger partial charge in [-0.15, -0.1) is 0 Å². The largest absolute Gasteiger partial charge is 0.297 e. The summed E-state index contributed by atoms with van der Waals surface area (Å²) < 4.78 is 28.7. The molecule has 0 spiro atoms. The Morgan fingerprint density at radius 1 is 0.952 bits per heavy atom. The molecule has 0 N–H and O–H groups in total. The van der Waals surface area contributed by atoms with Gasteiger partial charge in [-0.05, 0) is 25.5 Å². The predicted molar refractivity (Wildman–Crippen MR) is 83.1 cm³/mol. The van der Waals surface area contributed by atoms with Crippen LogP contribution in [-0.2, 0) is 10.2 Å². The van der Waals surface area contributed by atoms with Crippen LogP contribution >= 0.6 is 0 Å². The first kappa shape index (κ1) is 15.0. The summed E-state index contributed by atoms with van der Waals surface area (Å²) in [5.74, 6) is 0. The molecule has 0 radical (unpaired) electrons. The van der Waals surface area contributed by atoms with Gasteiger partial charge in [0.1, 0.15) is 0 Å². The number of likely N-dealkylation sites (N-methyl/N-ethyl adjacent to an activating group) is 1. The van der Waals surface area contributed by atoms with E-state index in [1.807, 2.05) is 18.2 Å². The number of rotatable bonds is 3. The summed E-state index contributed by atoms with van der Waals surface area (Å²) in [6, 6.07) is 10.3. The van der Waals surface area contributed by atoms with Crippen molar-refractivity contribution in [1.29, 1.82) is 0 Å². The van der Waals surface area contributed by atoms with Crippen LogP contribution in [0.4, 0.5) is 0 Å². The normalized spacial score (nSPS) is 26.2. The van der Waals surface area contributed by atoms with Gasteiger partial charge >= 0.3 is 0 Å². The third kappa shape index (κ3) is 2.99. The minimum Gasteiger partial charge on any atom is -0.297 e. The zero-order chi connectivity index (χ0) is 14.9. The first-order valence-corrected chi connectivity index (χ1v) is 8.99. The molecular formula is C15H23N3O2S. The average molecular weight is 309 g/mol. The standard InChI is InChI=1S/C15H23N3O2S/c1-16-11-12-18(21(19,20)17-9-5-6-10-17)13-15(16)14-7-3-2-4-8-14/h2-4,7-8,15H,5-6,9-13H2,1H3. The highest BCUT2D eigenvalue weighted by Crippen LogP contribution is 2.27. The minimum absolute atomic E-state index is 0.136. The van der Waals surface area contributed by atoms with Crippen molar-refractivity contribution in [3.05, 3.63) is 35.9 Å². The van der Waals surface area contributed by atoms with E-state index in [2.05, 4.69) is 24.1 Å². The Balaban J connectivity index is 1.79. The Morgan fingerprint density at radius 3 is 2.29 bits per heavy atom. The lowest BCUT2D eigenvalue weighted by molar-refractivity contribution is 0.143. The third-order valence-electron chi connectivity index (χ3n) is 4.51. The van der Waals surface area contributed by atoms with Gasteiger partial charge in [0.2, 0.25) is 0 Å². The molecule has 3 rings (SSSR count). The second-order valence-corrected chi connectivity index (χ2v) is 7.81. The van der Waals surface area contributed by atoms with Gasteiger partial charge in [-0.3, -0.25) is 4.90 Å². The van der Waals surface area contributed by atoms with E-state index in [4.69, 9.17) is 0 Å². The lowest BCUT2D eigenvalue weighted by Gasteiger charge is -2.40. The van der Waals surface area contributed by atoms with Gasteiger partial charge in [0.25, 0.3) is 10.2 Å². The minimum atomic E-state index is -3.29. The molecule has 2 fully saturated rings. The fraction of sp³-hybridized carbons (Fsp3) is 0.600. The molecule has 5 nitrogen and oxygen atoms in total. The third-order valence-corrected chi connectivity index (χ3v) is 6.51. The molecule has 1 aromatic rings. The molecule has 1 unspecified atom stereocenters. The molecule has 21 heavy (non-hydrogen) atoms. The van der Waals surface area contributed by atoms with Gasteiger partial charge in [-0.2, -0.15) is 17.0 Å². The Labute approximate surface area is 127 Å². The average Bonchev–Trinajstić information content (AvgIpc) is 3.03. The van der Waals surface area contributed by atoms with Crippen LogP contribution in [0.3, 0.4) is 0 Å². The van der Waals surface area contributed by atoms with Crippen molar-refractivity contribution in [3.8, 4) is 0 Å². The van der Waals surface area contributed by atoms with Crippen molar-refractivity contribution in [1.82, 2.24) is 13.5 Å². The fourth-order valence-corrected chi connectivity index (χ4v) is 4.86. The Bertz CT molecular complexity index is 570. The van der Waals surface area contributed by atoms with E-state index >= 15 is 0 Å². The first-order chi connectivity index (χ1) is 10.1. The summed E-state index contributed by atoms with van der Waals surface area (Å²) in [7, 11) is -1.22. The summed E-state index contributed by atoms with van der Waals surface area (Å²) in [5.41, 5.74) is 1.18. The van der Waals surface area contributed by atoms with Crippen LogP contribution in [0.5, 0.6) is 0 Å². The lowest BCUT2D eigenvalue weighted by atomic mass is 10.0. The summed E-state index contributed by atoms with van der Waals surface area (Å²) in [6.45, 7) is 3.24. The predicted octanol–water partition coefficient (Wildman–Crippen LogP) is 1.32. The molecule has 0 bridgehead atoms. The molecule has 2 heterocycles. The molecule has 0 amide bonds. The molecule has 6 heteroatoms. The van der Waals surface area contributed by atoms with Gasteiger partial charge in [-0.25, -0.2) is 0 Å². The maximum Gasteiger partial charge on any atom is 0.282 e. The summed E-state index contributed by atoms with van der Waals surface area (Å²) >= 11 is 0. The zero-order valence-corrected chi connectivity index (χ0v) is 13.3. The molecule has 2 aliphatic heterocycles. The number of hydrogen-bond acceptors (Lipinski definition) is 3. The van der Waals surface area contributed by atoms with E-state index in [1.165, 1.54) is 5.56 Å². The smallest absolute Gasteiger partial charge is 0.282 e. The van der Waals surface area contributed by atoms with E-state index in [1.54, 1.807) is 8.61 Å². The van der Waals surface area contributed by atoms with E-state index in [9.17, 15) is 8.42 Å². The molecule has 2 saturated heterocycles. The molecule has 0 aromatic heterocycles. The van der Waals surface area contributed by atoms with E-state index in [-0.39, 0.29) is 6.04 Å². The van der Waals surface area contributed by atoms with Crippen molar-refractivity contribution in [3.63, 3.8) is 0 Å². The molecule has 0 aliphatic carbocycles. The van der Waals surface area contributed by atoms with Crippen LogP contribution in [0.25, 0.3) is 0 Å². The highest BCUT2D eigenvalue weighted by Gasteiger charge is 2.36. The zero-order valence-electron chi connectivity index (χ0n) is 12.5. The van der Waals surface area contributed by atoms with Gasteiger partial charge < -0.3 is 0 Å². The van der Waals surface area contributed by atoms with Crippen LogP contribution in [0.1, 0.15) is 24.4 Å². The van der Waals surface area contributed by atoms with Crippen LogP contribution in [0.15, 0.2) is 30.3 Å². The Hall–Kier alpha value is -0.950. The SMILES string of the molecule is CN1CCN(S(=O)(=O)N2CCCC2)CC1c1ccccc1. The van der Waals surface area contributed by atoms with E-state index in [0.29, 0.717) is 26.2 Å². The maximum atomic E-state index is 12.7. The van der Waals surface area contributed by atoms with Gasteiger partial charge in [0.15, 0.2) is 0 Å². The monoisotopic (exact) mass is 309 g/mol. The number of nitrogens with zero attached hydrogens (tertiary/aromatic N) is 3. The molecular weight excluding hydrogens is 286 g/mol. The second kappa shape index (κ2) is 6.04. The quantitative estimate of drug-likeness (QED) is 0.846. The topological polar surface area (TPSA) is 43.9 Å². The number of hydrogen-bond donors (Lipinski definition) is 0. The lowest BCUT2D eigenvalue weighted by Crippen LogP contribution is -2.52. The molecule has 116 valence electrons. The highest BCUT2D eigenvalue weighted by atomic mass is 32.2. The van der Waals surface area contributed by atoms with Crippen LogP contribution in [0.2, 0.25) is 0 Å². The number of benzene rings is 1. The summed E-state index contributed by atoms with van der Waals surface area (Å²) in [4.78, 5) is 2.24. The molecule has 0 saturated carbocycles. The van der Waals surface area contributed by atoms with Crippen molar-refractivity contribution < 1.29 is 8.42 Å². The van der Waals surface area contributed by atoms with E-state index < -0.39 is 10.2 Å². The van der Waals surface area contributed by atoms with E-state index in [0.717, 1.165) is 19.4 Å². The molecule has 2 aliphatic rings. The van der Waals surface area contributed by atoms with Crippen LogP contribution in [0, 0.1) is 0 Å². The van der Waals surface area contributed by atoms with Crippen LogP contribution in [-0.4, -0.2) is 61.7 Å². The Kier molecular flexibility index (Phi) is 4.31. The highest BCUT2D eigenvalue weighted by molar-refractivity contribution is 7.86. The van der Waals surface area contributed by atoms with Gasteiger partial charge in [0, 0.05) is 38.8 Å². The van der Waals surface area contributed by atoms with Gasteiger partial charge in [0.05, 0.1) is 0 Å².